The molecule has 2 heterocycles. The minimum atomic E-state index is 0.499. The van der Waals surface area contributed by atoms with E-state index in [1.54, 1.807) is 0 Å². The number of hydrogen-bond donors (Lipinski definition) is 1. The number of likely N-dealkylation sites (tertiary alicyclic amines) is 1. The van der Waals surface area contributed by atoms with Crippen LogP contribution in [0.2, 0.25) is 0 Å². The Morgan fingerprint density at radius 3 is 2.56 bits per heavy atom. The topological polar surface area (TPSA) is 15.3 Å². The third-order valence-electron chi connectivity index (χ3n) is 4.74. The monoisotopic (exact) mass is 244 g/mol. The van der Waals surface area contributed by atoms with Crippen molar-refractivity contribution in [3.05, 3.63) is 35.9 Å². The predicted molar refractivity (Wildman–Crippen MR) is 75.5 cm³/mol. The van der Waals surface area contributed by atoms with Crippen molar-refractivity contribution in [3.8, 4) is 0 Å². The van der Waals surface area contributed by atoms with Crippen LogP contribution >= 0.6 is 0 Å². The third kappa shape index (κ3) is 2.45. The maximum atomic E-state index is 3.51. The van der Waals surface area contributed by atoms with E-state index in [9.17, 15) is 0 Å². The molecule has 18 heavy (non-hydrogen) atoms. The highest BCUT2D eigenvalue weighted by molar-refractivity contribution is 5.15. The van der Waals surface area contributed by atoms with Gasteiger partial charge in [0.1, 0.15) is 0 Å². The van der Waals surface area contributed by atoms with Crippen LogP contribution in [0.5, 0.6) is 0 Å². The van der Waals surface area contributed by atoms with Crippen LogP contribution in [-0.2, 0) is 6.54 Å². The molecule has 2 nitrogen and oxygen atoms in total. The Kier molecular flexibility index (Phi) is 3.67. The average molecular weight is 244 g/mol. The Morgan fingerprint density at radius 2 is 1.78 bits per heavy atom. The molecule has 0 saturated carbocycles. The second-order valence-electron chi connectivity index (χ2n) is 5.84. The fourth-order valence-corrected chi connectivity index (χ4v) is 3.66. The van der Waals surface area contributed by atoms with Gasteiger partial charge in [-0.05, 0) is 50.9 Å². The van der Waals surface area contributed by atoms with Gasteiger partial charge in [0.15, 0.2) is 0 Å². The van der Waals surface area contributed by atoms with E-state index in [4.69, 9.17) is 0 Å². The van der Waals surface area contributed by atoms with Crippen LogP contribution in [0.15, 0.2) is 30.3 Å². The molecule has 1 spiro atoms. The van der Waals surface area contributed by atoms with Gasteiger partial charge in [0.05, 0.1) is 0 Å². The number of hydrogen-bond acceptors (Lipinski definition) is 2. The van der Waals surface area contributed by atoms with E-state index in [1.807, 2.05) is 0 Å². The van der Waals surface area contributed by atoms with E-state index < -0.39 is 0 Å². The van der Waals surface area contributed by atoms with Crippen LogP contribution in [0.1, 0.15) is 37.7 Å². The molecule has 2 fully saturated rings. The van der Waals surface area contributed by atoms with Gasteiger partial charge in [-0.3, -0.25) is 4.90 Å². The summed E-state index contributed by atoms with van der Waals surface area (Å²) >= 11 is 0. The van der Waals surface area contributed by atoms with Crippen molar-refractivity contribution in [1.29, 1.82) is 0 Å². The normalized spacial score (nSPS) is 24.2. The molecule has 0 aliphatic carbocycles. The summed E-state index contributed by atoms with van der Waals surface area (Å²) < 4.78 is 0. The zero-order valence-electron chi connectivity index (χ0n) is 11.2. The first-order chi connectivity index (χ1) is 8.89. The van der Waals surface area contributed by atoms with E-state index in [0.29, 0.717) is 5.54 Å². The number of nitrogens with zero attached hydrogens (tertiary/aromatic N) is 1. The lowest BCUT2D eigenvalue weighted by atomic mass is 9.79. The van der Waals surface area contributed by atoms with Gasteiger partial charge in [-0.25, -0.2) is 0 Å². The molecule has 1 aromatic carbocycles. The predicted octanol–water partition coefficient (Wildman–Crippen LogP) is 2.79. The summed E-state index contributed by atoms with van der Waals surface area (Å²) in [6.07, 6.45) is 6.87. The molecule has 0 unspecified atom stereocenters. The average Bonchev–Trinajstić information content (AvgIpc) is 2.44. The highest BCUT2D eigenvalue weighted by Gasteiger charge is 2.39. The van der Waals surface area contributed by atoms with Gasteiger partial charge in [0, 0.05) is 12.1 Å². The summed E-state index contributed by atoms with van der Waals surface area (Å²) in [5.74, 6) is 0. The summed E-state index contributed by atoms with van der Waals surface area (Å²) in [5.41, 5.74) is 1.97. The van der Waals surface area contributed by atoms with Gasteiger partial charge in [0.2, 0.25) is 0 Å². The van der Waals surface area contributed by atoms with Crippen LogP contribution in [0.4, 0.5) is 0 Å². The Balaban J connectivity index is 1.75. The van der Waals surface area contributed by atoms with Crippen LogP contribution in [-0.4, -0.2) is 30.1 Å². The Morgan fingerprint density at radius 1 is 1.00 bits per heavy atom. The SMILES string of the molecule is c1ccc(CN2CCCCC23CCNCC3)cc1. The minimum absolute atomic E-state index is 0.499. The number of nitrogens with one attached hydrogen (secondary N) is 1. The summed E-state index contributed by atoms with van der Waals surface area (Å²) in [6.45, 7) is 4.83. The number of piperidine rings is 2. The second kappa shape index (κ2) is 5.41. The van der Waals surface area contributed by atoms with Crippen LogP contribution < -0.4 is 5.32 Å². The van der Waals surface area contributed by atoms with E-state index in [-0.39, 0.29) is 0 Å². The van der Waals surface area contributed by atoms with Gasteiger partial charge in [-0.2, -0.15) is 0 Å². The molecule has 0 amide bonds. The smallest absolute Gasteiger partial charge is 0.0239 e. The number of benzene rings is 1. The van der Waals surface area contributed by atoms with Crippen molar-refractivity contribution in [2.75, 3.05) is 19.6 Å². The van der Waals surface area contributed by atoms with Gasteiger partial charge in [0.25, 0.3) is 0 Å². The van der Waals surface area contributed by atoms with E-state index in [0.717, 1.165) is 6.54 Å². The van der Waals surface area contributed by atoms with E-state index in [1.165, 1.54) is 57.3 Å². The zero-order chi connectivity index (χ0) is 12.3. The van der Waals surface area contributed by atoms with E-state index >= 15 is 0 Å². The molecule has 3 rings (SSSR count). The lowest BCUT2D eigenvalue weighted by Crippen LogP contribution is -2.56. The highest BCUT2D eigenvalue weighted by Crippen LogP contribution is 2.36. The molecule has 0 radical (unpaired) electrons. The molecular formula is C16H24N2. The molecule has 2 aliphatic rings. The zero-order valence-corrected chi connectivity index (χ0v) is 11.2. The first kappa shape index (κ1) is 12.2. The second-order valence-corrected chi connectivity index (χ2v) is 5.84. The number of rotatable bonds is 2. The van der Waals surface area contributed by atoms with Crippen molar-refractivity contribution in [1.82, 2.24) is 10.2 Å². The largest absolute Gasteiger partial charge is 0.317 e. The Hall–Kier alpha value is -0.860. The quantitative estimate of drug-likeness (QED) is 0.860. The molecule has 98 valence electrons. The van der Waals surface area contributed by atoms with Gasteiger partial charge in [-0.1, -0.05) is 36.8 Å². The summed E-state index contributed by atoms with van der Waals surface area (Å²) in [5, 5.41) is 3.51. The highest BCUT2D eigenvalue weighted by atomic mass is 15.2. The van der Waals surface area contributed by atoms with Gasteiger partial charge < -0.3 is 5.32 Å². The molecule has 1 N–H and O–H groups in total. The van der Waals surface area contributed by atoms with Crippen molar-refractivity contribution in [2.24, 2.45) is 0 Å². The maximum absolute atomic E-state index is 3.51. The minimum Gasteiger partial charge on any atom is -0.317 e. The van der Waals surface area contributed by atoms with Crippen LogP contribution in [0, 0.1) is 0 Å². The van der Waals surface area contributed by atoms with Crippen LogP contribution in [0.25, 0.3) is 0 Å². The molecule has 2 saturated heterocycles. The molecule has 1 aromatic rings. The van der Waals surface area contributed by atoms with Crippen molar-refractivity contribution in [3.63, 3.8) is 0 Å². The van der Waals surface area contributed by atoms with Gasteiger partial charge in [-0.15, -0.1) is 0 Å². The molecule has 2 aliphatic heterocycles. The molecule has 2 heteroatoms. The van der Waals surface area contributed by atoms with Crippen molar-refractivity contribution in [2.45, 2.75) is 44.2 Å². The Bertz CT molecular complexity index is 360. The van der Waals surface area contributed by atoms with Crippen molar-refractivity contribution < 1.29 is 0 Å². The van der Waals surface area contributed by atoms with Gasteiger partial charge >= 0.3 is 0 Å². The summed E-state index contributed by atoms with van der Waals surface area (Å²) in [7, 11) is 0. The van der Waals surface area contributed by atoms with Crippen molar-refractivity contribution >= 4 is 0 Å². The molecule has 0 atom stereocenters. The lowest BCUT2D eigenvalue weighted by molar-refractivity contribution is 0.0137. The van der Waals surface area contributed by atoms with Crippen LogP contribution in [0.3, 0.4) is 0 Å². The standard InChI is InChI=1S/C16H24N2/c1-2-6-15(7-3-1)14-18-13-5-4-8-16(18)9-11-17-12-10-16/h1-3,6-7,17H,4-5,8-14H2. The summed E-state index contributed by atoms with van der Waals surface area (Å²) in [6, 6.07) is 11.0. The first-order valence-corrected chi connectivity index (χ1v) is 7.39. The molecule has 0 aromatic heterocycles. The summed E-state index contributed by atoms with van der Waals surface area (Å²) in [4.78, 5) is 2.77. The first-order valence-electron chi connectivity index (χ1n) is 7.39. The molecule has 0 bridgehead atoms. The Labute approximate surface area is 110 Å². The fraction of sp³-hybridized carbons (Fsp3) is 0.625. The third-order valence-corrected chi connectivity index (χ3v) is 4.74. The fourth-order valence-electron chi connectivity index (χ4n) is 3.66. The lowest BCUT2D eigenvalue weighted by Gasteiger charge is -2.50. The van der Waals surface area contributed by atoms with E-state index in [2.05, 4.69) is 40.5 Å². The molecular weight excluding hydrogens is 220 g/mol. The maximum Gasteiger partial charge on any atom is 0.0239 e.